The van der Waals surface area contributed by atoms with E-state index in [1.54, 1.807) is 26.4 Å². The summed E-state index contributed by atoms with van der Waals surface area (Å²) in [5.74, 6) is 1.29. The zero-order valence-corrected chi connectivity index (χ0v) is 20.2. The molecule has 0 atom stereocenters. The zero-order valence-electron chi connectivity index (χ0n) is 20.2. The van der Waals surface area contributed by atoms with Crippen LogP contribution in [0.15, 0.2) is 24.3 Å². The van der Waals surface area contributed by atoms with Crippen LogP contribution in [-0.2, 0) is 4.79 Å². The van der Waals surface area contributed by atoms with Crippen molar-refractivity contribution in [3.8, 4) is 11.5 Å². The molecule has 0 radical (unpaired) electrons. The number of nitrogens with one attached hydrogen (secondary N) is 1. The van der Waals surface area contributed by atoms with E-state index >= 15 is 0 Å². The monoisotopic (exact) mass is 431 g/mol. The second kappa shape index (κ2) is 18.8. The maximum atomic E-state index is 12.0. The van der Waals surface area contributed by atoms with Crippen molar-refractivity contribution in [3.05, 3.63) is 29.8 Å². The highest BCUT2D eigenvalue weighted by atomic mass is 16.5. The molecule has 4 heteroatoms. The van der Waals surface area contributed by atoms with E-state index in [2.05, 4.69) is 12.2 Å². The van der Waals surface area contributed by atoms with Gasteiger partial charge in [-0.05, 0) is 30.2 Å². The molecule has 0 fully saturated rings. The molecule has 176 valence electrons. The molecule has 31 heavy (non-hydrogen) atoms. The summed E-state index contributed by atoms with van der Waals surface area (Å²) in [5.41, 5.74) is 0.907. The van der Waals surface area contributed by atoms with Gasteiger partial charge < -0.3 is 14.8 Å². The summed E-state index contributed by atoms with van der Waals surface area (Å²) in [6.07, 6.45) is 22.2. The number of amides is 1. The van der Waals surface area contributed by atoms with Crippen LogP contribution in [0, 0.1) is 0 Å². The number of rotatable bonds is 19. The molecular formula is C27H45NO3. The first-order valence-corrected chi connectivity index (χ1v) is 12.4. The Morgan fingerprint density at radius 1 is 0.774 bits per heavy atom. The van der Waals surface area contributed by atoms with Crippen molar-refractivity contribution in [1.29, 1.82) is 0 Å². The standard InChI is InChI=1S/C27H45NO3/c1-4-5-6-7-8-9-10-11-12-13-14-15-16-17-22-28-27(29)21-19-24-18-20-25(30-2)26(23-24)31-3/h18-21,23H,4-17,22H2,1-3H3,(H,28,29). The van der Waals surface area contributed by atoms with Gasteiger partial charge in [0.15, 0.2) is 11.5 Å². The fourth-order valence-electron chi connectivity index (χ4n) is 3.72. The highest BCUT2D eigenvalue weighted by Crippen LogP contribution is 2.27. The Balaban J connectivity index is 1.97. The third-order valence-electron chi connectivity index (χ3n) is 5.66. The van der Waals surface area contributed by atoms with Gasteiger partial charge in [0.2, 0.25) is 5.91 Å². The number of methoxy groups -OCH3 is 2. The molecule has 0 spiro atoms. The number of unbranched alkanes of at least 4 members (excludes halogenated alkanes) is 13. The Morgan fingerprint density at radius 2 is 1.29 bits per heavy atom. The molecule has 0 heterocycles. The first-order valence-electron chi connectivity index (χ1n) is 12.4. The van der Waals surface area contributed by atoms with E-state index in [0.29, 0.717) is 11.5 Å². The Bertz CT molecular complexity index is 612. The van der Waals surface area contributed by atoms with Crippen LogP contribution >= 0.6 is 0 Å². The molecule has 1 aromatic carbocycles. The highest BCUT2D eigenvalue weighted by Gasteiger charge is 2.03. The van der Waals surface area contributed by atoms with Gasteiger partial charge >= 0.3 is 0 Å². The lowest BCUT2D eigenvalue weighted by molar-refractivity contribution is -0.116. The van der Waals surface area contributed by atoms with Crippen molar-refractivity contribution in [3.63, 3.8) is 0 Å². The minimum atomic E-state index is -0.0514. The summed E-state index contributed by atoms with van der Waals surface area (Å²) in [5, 5.41) is 2.97. The van der Waals surface area contributed by atoms with E-state index < -0.39 is 0 Å². The third kappa shape index (κ3) is 13.9. The highest BCUT2D eigenvalue weighted by molar-refractivity contribution is 5.91. The van der Waals surface area contributed by atoms with Gasteiger partial charge in [-0.1, -0.05) is 96.5 Å². The normalized spacial score (nSPS) is 11.1. The summed E-state index contributed by atoms with van der Waals surface area (Å²) >= 11 is 0. The Hall–Kier alpha value is -1.97. The number of carbonyl (C=O) groups is 1. The molecule has 1 aromatic rings. The van der Waals surface area contributed by atoms with E-state index in [4.69, 9.17) is 9.47 Å². The van der Waals surface area contributed by atoms with Crippen molar-refractivity contribution in [2.75, 3.05) is 20.8 Å². The minimum absolute atomic E-state index is 0.0514. The van der Waals surface area contributed by atoms with Gasteiger partial charge in [0.25, 0.3) is 0 Å². The SMILES string of the molecule is CCCCCCCCCCCCCCCCNC(=O)C=Cc1ccc(OC)c(OC)c1. The zero-order chi connectivity index (χ0) is 22.6. The molecule has 0 aliphatic rings. The largest absolute Gasteiger partial charge is 0.493 e. The van der Waals surface area contributed by atoms with Crippen molar-refractivity contribution >= 4 is 12.0 Å². The van der Waals surface area contributed by atoms with Gasteiger partial charge in [0.1, 0.15) is 0 Å². The quantitative estimate of drug-likeness (QED) is 0.184. The van der Waals surface area contributed by atoms with Crippen molar-refractivity contribution in [2.45, 2.75) is 96.8 Å². The first-order chi connectivity index (χ1) is 15.2. The van der Waals surface area contributed by atoms with Crippen LogP contribution in [0.2, 0.25) is 0 Å². The summed E-state index contributed by atoms with van der Waals surface area (Å²) in [7, 11) is 3.21. The maximum absolute atomic E-state index is 12.0. The second-order valence-electron chi connectivity index (χ2n) is 8.33. The summed E-state index contributed by atoms with van der Waals surface area (Å²) in [4.78, 5) is 12.0. The lowest BCUT2D eigenvalue weighted by Gasteiger charge is -2.07. The van der Waals surface area contributed by atoms with Crippen molar-refractivity contribution in [2.24, 2.45) is 0 Å². The molecule has 0 bridgehead atoms. The molecule has 1 N–H and O–H groups in total. The fourth-order valence-corrected chi connectivity index (χ4v) is 3.72. The van der Waals surface area contributed by atoms with Crippen LogP contribution in [0.4, 0.5) is 0 Å². The molecule has 0 saturated carbocycles. The fraction of sp³-hybridized carbons (Fsp3) is 0.667. The molecule has 0 saturated heterocycles. The van der Waals surface area contributed by atoms with Crippen LogP contribution in [0.25, 0.3) is 6.08 Å². The smallest absolute Gasteiger partial charge is 0.243 e. The predicted molar refractivity (Wildman–Crippen MR) is 132 cm³/mol. The number of benzene rings is 1. The van der Waals surface area contributed by atoms with Crippen molar-refractivity contribution < 1.29 is 14.3 Å². The average molecular weight is 432 g/mol. The van der Waals surface area contributed by atoms with E-state index in [1.807, 2.05) is 18.2 Å². The van der Waals surface area contributed by atoms with Gasteiger partial charge in [0, 0.05) is 12.6 Å². The lowest BCUT2D eigenvalue weighted by atomic mass is 10.0. The van der Waals surface area contributed by atoms with E-state index in [0.717, 1.165) is 18.5 Å². The van der Waals surface area contributed by atoms with Gasteiger partial charge in [-0.25, -0.2) is 0 Å². The molecule has 0 aliphatic carbocycles. The third-order valence-corrected chi connectivity index (χ3v) is 5.66. The second-order valence-corrected chi connectivity index (χ2v) is 8.33. The topological polar surface area (TPSA) is 47.6 Å². The van der Waals surface area contributed by atoms with Crippen LogP contribution < -0.4 is 14.8 Å². The number of ether oxygens (including phenoxy) is 2. The van der Waals surface area contributed by atoms with E-state index in [9.17, 15) is 4.79 Å². The van der Waals surface area contributed by atoms with Crippen LogP contribution in [0.1, 0.15) is 102 Å². The Labute approximate surface area is 190 Å². The van der Waals surface area contributed by atoms with Crippen LogP contribution in [0.5, 0.6) is 11.5 Å². The van der Waals surface area contributed by atoms with E-state index in [1.165, 1.54) is 83.5 Å². The van der Waals surface area contributed by atoms with Gasteiger partial charge in [0.05, 0.1) is 14.2 Å². The number of hydrogen-bond acceptors (Lipinski definition) is 3. The van der Waals surface area contributed by atoms with Crippen LogP contribution in [-0.4, -0.2) is 26.7 Å². The minimum Gasteiger partial charge on any atom is -0.493 e. The van der Waals surface area contributed by atoms with Gasteiger partial charge in [-0.2, -0.15) is 0 Å². The van der Waals surface area contributed by atoms with E-state index in [-0.39, 0.29) is 5.91 Å². The summed E-state index contributed by atoms with van der Waals surface area (Å²) < 4.78 is 10.5. The number of hydrogen-bond donors (Lipinski definition) is 1. The molecule has 0 aromatic heterocycles. The molecule has 0 aliphatic heterocycles. The molecule has 1 amide bonds. The predicted octanol–water partition coefficient (Wildman–Crippen LogP) is 7.31. The molecule has 4 nitrogen and oxygen atoms in total. The first kappa shape index (κ1) is 27.1. The van der Waals surface area contributed by atoms with Crippen molar-refractivity contribution in [1.82, 2.24) is 5.32 Å². The summed E-state index contributed by atoms with van der Waals surface area (Å²) in [6.45, 7) is 3.02. The van der Waals surface area contributed by atoms with Gasteiger partial charge in [-0.15, -0.1) is 0 Å². The van der Waals surface area contributed by atoms with Crippen LogP contribution in [0.3, 0.4) is 0 Å². The maximum Gasteiger partial charge on any atom is 0.243 e. The molecule has 0 unspecified atom stereocenters. The molecular weight excluding hydrogens is 386 g/mol. The van der Waals surface area contributed by atoms with Gasteiger partial charge in [-0.3, -0.25) is 4.79 Å². The number of carbonyl (C=O) groups excluding carboxylic acids is 1. The average Bonchev–Trinajstić information content (AvgIpc) is 2.79. The Kier molecular flexibility index (Phi) is 16.4. The lowest BCUT2D eigenvalue weighted by Crippen LogP contribution is -2.21. The molecule has 1 rings (SSSR count). The Morgan fingerprint density at radius 3 is 1.81 bits per heavy atom. The summed E-state index contributed by atoms with van der Waals surface area (Å²) in [6, 6.07) is 5.60.